The number of benzene rings is 7. The topological polar surface area (TPSA) is 57.4 Å². The maximum Gasteiger partial charge on any atom is 0.416 e. The van der Waals surface area contributed by atoms with Crippen LogP contribution in [0.5, 0.6) is 0 Å². The van der Waals surface area contributed by atoms with Crippen molar-refractivity contribution in [3.63, 3.8) is 0 Å². The van der Waals surface area contributed by atoms with Gasteiger partial charge in [-0.1, -0.05) is 47.5 Å². The molecule has 10 heteroatoms. The third-order valence-electron chi connectivity index (χ3n) is 11.1. The second-order valence-electron chi connectivity index (χ2n) is 14.9. The van der Waals surface area contributed by atoms with Gasteiger partial charge >= 0.3 is 12.4 Å². The summed E-state index contributed by atoms with van der Waals surface area (Å²) in [4.78, 5) is 0. The van der Waals surface area contributed by atoms with Gasteiger partial charge in [-0.05, 0) is 128 Å². The Kier molecular flexibility index (Phi) is 8.46. The van der Waals surface area contributed by atoms with Crippen molar-refractivity contribution in [3.8, 4) is 45.8 Å². The molecule has 0 fully saturated rings. The van der Waals surface area contributed by atoms with E-state index in [9.17, 15) is 36.9 Å². The molecule has 4 nitrogen and oxygen atoms in total. The zero-order chi connectivity index (χ0) is 41.5. The fraction of sp³-hybridized carbons (Fsp3) is 0.102. The Morgan fingerprint density at radius 3 is 1.29 bits per heavy atom. The van der Waals surface area contributed by atoms with Crippen molar-refractivity contribution in [1.29, 1.82) is 10.5 Å². The molecular formula is C49H30F6N4. The SMILES string of the molecule is Cc1ccc2c(c1)c1cc(C)ccc1n2-c1cc(-c2ccc(C#N)cc2C)ccc1-c1ccc(C#N)cc1-n1c2ccc(C(F)(F)F)cc2c2cc(C(F)(F)F)ccc21. The Labute approximate surface area is 334 Å². The Morgan fingerprint density at radius 1 is 0.424 bits per heavy atom. The molecule has 2 heterocycles. The van der Waals surface area contributed by atoms with Crippen LogP contribution in [0.3, 0.4) is 0 Å². The number of hydrogen-bond acceptors (Lipinski definition) is 2. The number of hydrogen-bond donors (Lipinski definition) is 0. The lowest BCUT2D eigenvalue weighted by atomic mass is 9.93. The van der Waals surface area contributed by atoms with Crippen LogP contribution in [0, 0.1) is 43.4 Å². The molecular weight excluding hydrogens is 759 g/mol. The first-order chi connectivity index (χ1) is 28.1. The van der Waals surface area contributed by atoms with Crippen LogP contribution in [0.4, 0.5) is 26.3 Å². The number of nitrogens with zero attached hydrogens (tertiary/aromatic N) is 4. The highest BCUT2D eigenvalue weighted by Crippen LogP contribution is 2.45. The van der Waals surface area contributed by atoms with Gasteiger partial charge in [-0.2, -0.15) is 36.9 Å². The number of halogens is 6. The summed E-state index contributed by atoms with van der Waals surface area (Å²) < 4.78 is 88.5. The van der Waals surface area contributed by atoms with Crippen LogP contribution < -0.4 is 0 Å². The lowest BCUT2D eigenvalue weighted by Gasteiger charge is -2.20. The van der Waals surface area contributed by atoms with Gasteiger partial charge in [-0.15, -0.1) is 0 Å². The van der Waals surface area contributed by atoms with Gasteiger partial charge in [0.25, 0.3) is 0 Å². The monoisotopic (exact) mass is 788 g/mol. The van der Waals surface area contributed by atoms with Crippen LogP contribution in [0.1, 0.15) is 38.9 Å². The molecule has 288 valence electrons. The van der Waals surface area contributed by atoms with Crippen LogP contribution in [-0.2, 0) is 12.4 Å². The average Bonchev–Trinajstić information content (AvgIpc) is 3.70. The highest BCUT2D eigenvalue weighted by Gasteiger charge is 2.34. The number of rotatable bonds is 4. The predicted octanol–water partition coefficient (Wildman–Crippen LogP) is 13.9. The molecule has 0 radical (unpaired) electrons. The minimum Gasteiger partial charge on any atom is -0.309 e. The molecule has 0 saturated carbocycles. The Hall–Kier alpha value is -7.30. The van der Waals surface area contributed by atoms with Crippen LogP contribution in [0.15, 0.2) is 127 Å². The molecule has 0 spiro atoms. The Morgan fingerprint density at radius 2 is 0.831 bits per heavy atom. The smallest absolute Gasteiger partial charge is 0.309 e. The van der Waals surface area contributed by atoms with E-state index in [0.29, 0.717) is 22.4 Å². The van der Waals surface area contributed by atoms with E-state index in [2.05, 4.69) is 47.0 Å². The molecule has 0 aliphatic heterocycles. The van der Waals surface area contributed by atoms with Gasteiger partial charge in [-0.25, -0.2) is 0 Å². The molecule has 0 unspecified atom stereocenters. The molecule has 0 saturated heterocycles. The van der Waals surface area contributed by atoms with Gasteiger partial charge in [0.2, 0.25) is 0 Å². The highest BCUT2D eigenvalue weighted by atomic mass is 19.4. The first-order valence-electron chi connectivity index (χ1n) is 18.6. The third kappa shape index (κ3) is 6.16. The summed E-state index contributed by atoms with van der Waals surface area (Å²) in [6, 6.07) is 39.4. The van der Waals surface area contributed by atoms with Crippen molar-refractivity contribution in [1.82, 2.24) is 9.13 Å². The van der Waals surface area contributed by atoms with Crippen LogP contribution in [0.2, 0.25) is 0 Å². The largest absolute Gasteiger partial charge is 0.416 e. The Balaban J connectivity index is 1.41. The molecule has 0 aliphatic carbocycles. The summed E-state index contributed by atoms with van der Waals surface area (Å²) in [5.41, 5.74) is 8.24. The van der Waals surface area contributed by atoms with E-state index in [-0.39, 0.29) is 27.4 Å². The lowest BCUT2D eigenvalue weighted by Crippen LogP contribution is -2.05. The zero-order valence-electron chi connectivity index (χ0n) is 31.7. The molecule has 9 rings (SSSR count). The minimum absolute atomic E-state index is 0.0192. The summed E-state index contributed by atoms with van der Waals surface area (Å²) in [7, 11) is 0. The van der Waals surface area contributed by atoms with Crippen molar-refractivity contribution in [3.05, 3.63) is 166 Å². The van der Waals surface area contributed by atoms with Crippen LogP contribution in [-0.4, -0.2) is 9.13 Å². The van der Waals surface area contributed by atoms with E-state index in [1.165, 1.54) is 12.1 Å². The molecule has 2 aromatic heterocycles. The molecule has 9 aromatic rings. The lowest BCUT2D eigenvalue weighted by molar-refractivity contribution is -0.138. The van der Waals surface area contributed by atoms with E-state index in [1.54, 1.807) is 28.8 Å². The molecule has 0 aliphatic rings. The second-order valence-corrected chi connectivity index (χ2v) is 14.9. The van der Waals surface area contributed by atoms with Crippen molar-refractivity contribution in [2.45, 2.75) is 33.1 Å². The van der Waals surface area contributed by atoms with Crippen LogP contribution in [0.25, 0.3) is 77.2 Å². The minimum atomic E-state index is -4.75. The standard InChI is InChI=1S/C49H30F6N4/c1-27-4-14-42-38(18-27)39-19-28(2)5-15-43(39)59(42)47-22-32(35-11-6-30(25-56)20-29(35)3)8-13-37(47)36-12-7-31(26-57)21-46(36)58-44-16-9-33(48(50,51)52)23-40(44)41-24-34(49(53,54)55)10-17-45(41)58/h4-24H,1-3H3. The van der Waals surface area contributed by atoms with E-state index in [4.69, 9.17) is 0 Å². The highest BCUT2D eigenvalue weighted by molar-refractivity contribution is 6.12. The first kappa shape index (κ1) is 37.3. The van der Waals surface area contributed by atoms with Gasteiger partial charge in [-0.3, -0.25) is 0 Å². The molecule has 0 N–H and O–H groups in total. The summed E-state index contributed by atoms with van der Waals surface area (Å²) in [5.74, 6) is 0. The van der Waals surface area contributed by atoms with Gasteiger partial charge in [0.1, 0.15) is 0 Å². The van der Waals surface area contributed by atoms with Crippen LogP contribution >= 0.6 is 0 Å². The quantitative estimate of drug-likeness (QED) is 0.167. The van der Waals surface area contributed by atoms with Gasteiger partial charge in [0.15, 0.2) is 0 Å². The summed E-state index contributed by atoms with van der Waals surface area (Å²) in [6.07, 6.45) is -9.50. The number of aryl methyl sites for hydroxylation is 3. The Bertz CT molecular complexity index is 3180. The summed E-state index contributed by atoms with van der Waals surface area (Å²) >= 11 is 0. The molecule has 7 aromatic carbocycles. The molecule has 0 atom stereocenters. The second kappa shape index (κ2) is 13.4. The van der Waals surface area contributed by atoms with Crippen molar-refractivity contribution >= 4 is 43.6 Å². The summed E-state index contributed by atoms with van der Waals surface area (Å²) in [5, 5.41) is 21.8. The predicted molar refractivity (Wildman–Crippen MR) is 220 cm³/mol. The van der Waals surface area contributed by atoms with Gasteiger partial charge in [0.05, 0.1) is 67.8 Å². The number of aromatic nitrogens is 2. The fourth-order valence-corrected chi connectivity index (χ4v) is 8.33. The molecule has 0 bridgehead atoms. The maximum atomic E-state index is 14.1. The number of nitriles is 2. The normalized spacial score (nSPS) is 12.1. The van der Waals surface area contributed by atoms with Gasteiger partial charge in [0, 0.05) is 32.7 Å². The maximum absolute atomic E-state index is 14.1. The van der Waals surface area contributed by atoms with Gasteiger partial charge < -0.3 is 9.13 Å². The van der Waals surface area contributed by atoms with Crippen molar-refractivity contribution in [2.24, 2.45) is 0 Å². The average molecular weight is 789 g/mol. The van der Waals surface area contributed by atoms with E-state index in [0.717, 1.165) is 79.6 Å². The number of fused-ring (bicyclic) bond motifs is 6. The summed E-state index contributed by atoms with van der Waals surface area (Å²) in [6.45, 7) is 6.00. The zero-order valence-corrected chi connectivity index (χ0v) is 31.7. The van der Waals surface area contributed by atoms with Crippen molar-refractivity contribution in [2.75, 3.05) is 0 Å². The van der Waals surface area contributed by atoms with E-state index >= 15 is 0 Å². The number of alkyl halides is 6. The van der Waals surface area contributed by atoms with E-state index in [1.807, 2.05) is 57.2 Å². The third-order valence-corrected chi connectivity index (χ3v) is 11.1. The molecule has 59 heavy (non-hydrogen) atoms. The fourth-order valence-electron chi connectivity index (χ4n) is 8.33. The molecule has 0 amide bonds. The first-order valence-corrected chi connectivity index (χ1v) is 18.6. The van der Waals surface area contributed by atoms with Crippen molar-refractivity contribution < 1.29 is 26.3 Å². The van der Waals surface area contributed by atoms with E-state index < -0.39 is 23.5 Å².